The van der Waals surface area contributed by atoms with E-state index in [2.05, 4.69) is 42.5 Å². The second-order valence-corrected chi connectivity index (χ2v) is 5.06. The first-order chi connectivity index (χ1) is 8.05. The summed E-state index contributed by atoms with van der Waals surface area (Å²) in [5.74, 6) is 0. The highest BCUT2D eigenvalue weighted by molar-refractivity contribution is 5.05. The van der Waals surface area contributed by atoms with Crippen LogP contribution in [0.4, 0.5) is 0 Å². The lowest BCUT2D eigenvalue weighted by Gasteiger charge is -2.18. The van der Waals surface area contributed by atoms with Gasteiger partial charge in [0.05, 0.1) is 17.4 Å². The second kappa shape index (κ2) is 4.71. The molecule has 0 saturated heterocycles. The lowest BCUT2D eigenvalue weighted by molar-refractivity contribution is 0.355. The summed E-state index contributed by atoms with van der Waals surface area (Å²) in [6.07, 6.45) is 5.53. The van der Waals surface area contributed by atoms with Crippen molar-refractivity contribution in [3.63, 3.8) is 0 Å². The quantitative estimate of drug-likeness (QED) is 0.878. The normalized spacial score (nSPS) is 11.9. The Bertz CT molecular complexity index is 453. The third-order valence-corrected chi connectivity index (χ3v) is 2.45. The zero-order valence-corrected chi connectivity index (χ0v) is 10.5. The van der Waals surface area contributed by atoms with Gasteiger partial charge in [0, 0.05) is 30.9 Å². The first-order valence-electron chi connectivity index (χ1n) is 5.70. The lowest BCUT2D eigenvalue weighted by Crippen LogP contribution is -2.22. The molecule has 0 aliphatic rings. The van der Waals surface area contributed by atoms with Gasteiger partial charge in [-0.25, -0.2) is 0 Å². The third kappa shape index (κ3) is 3.17. The number of hydrogen-bond donors (Lipinski definition) is 1. The Morgan fingerprint density at radius 3 is 2.76 bits per heavy atom. The van der Waals surface area contributed by atoms with Gasteiger partial charge in [-0.15, -0.1) is 0 Å². The minimum absolute atomic E-state index is 0.0321. The molecular weight excluding hydrogens is 216 g/mol. The number of hydrogen-bond acceptors (Lipinski definition) is 4. The second-order valence-electron chi connectivity index (χ2n) is 5.06. The number of nitrogens with one attached hydrogen (secondary N) is 1. The molecule has 0 fully saturated rings. The number of nitrogens with zero attached hydrogens (tertiary/aromatic N) is 3. The van der Waals surface area contributed by atoms with Crippen molar-refractivity contribution in [3.05, 3.63) is 36.0 Å². The highest BCUT2D eigenvalue weighted by atomic mass is 16.5. The highest BCUT2D eigenvalue weighted by Crippen LogP contribution is 2.12. The summed E-state index contributed by atoms with van der Waals surface area (Å²) < 4.78 is 6.73. The van der Waals surface area contributed by atoms with E-state index in [0.717, 1.165) is 12.2 Å². The summed E-state index contributed by atoms with van der Waals surface area (Å²) in [6.45, 7) is 7.88. The zero-order chi connectivity index (χ0) is 12.3. The van der Waals surface area contributed by atoms with E-state index in [1.54, 1.807) is 6.26 Å². The Morgan fingerprint density at radius 1 is 1.35 bits per heavy atom. The van der Waals surface area contributed by atoms with Crippen molar-refractivity contribution in [2.75, 3.05) is 0 Å². The fourth-order valence-corrected chi connectivity index (χ4v) is 1.48. The van der Waals surface area contributed by atoms with Crippen LogP contribution in [-0.2, 0) is 18.6 Å². The van der Waals surface area contributed by atoms with Crippen LogP contribution in [-0.4, -0.2) is 14.9 Å². The maximum absolute atomic E-state index is 4.76. The van der Waals surface area contributed by atoms with Crippen LogP contribution in [0.25, 0.3) is 0 Å². The molecule has 0 atom stereocenters. The first kappa shape index (κ1) is 11.9. The van der Waals surface area contributed by atoms with Crippen LogP contribution in [0.2, 0.25) is 0 Å². The maximum atomic E-state index is 4.76. The van der Waals surface area contributed by atoms with E-state index < -0.39 is 0 Å². The van der Waals surface area contributed by atoms with Crippen molar-refractivity contribution < 1.29 is 4.52 Å². The van der Waals surface area contributed by atoms with Gasteiger partial charge in [-0.2, -0.15) is 5.10 Å². The molecule has 0 amide bonds. The van der Waals surface area contributed by atoms with E-state index >= 15 is 0 Å². The van der Waals surface area contributed by atoms with Crippen molar-refractivity contribution in [1.82, 2.24) is 20.3 Å². The van der Waals surface area contributed by atoms with Crippen LogP contribution in [0.3, 0.4) is 0 Å². The number of aromatic nitrogens is 3. The van der Waals surface area contributed by atoms with Gasteiger partial charge in [0.1, 0.15) is 6.26 Å². The van der Waals surface area contributed by atoms with E-state index in [9.17, 15) is 0 Å². The maximum Gasteiger partial charge on any atom is 0.124 e. The third-order valence-electron chi connectivity index (χ3n) is 2.45. The predicted molar refractivity (Wildman–Crippen MR) is 64.3 cm³/mol. The van der Waals surface area contributed by atoms with Gasteiger partial charge in [-0.1, -0.05) is 5.16 Å². The van der Waals surface area contributed by atoms with E-state index in [1.807, 2.05) is 16.9 Å². The standard InChI is InChI=1S/C12H18N4O/c1-12(2,3)16-9-10(7-14-16)6-13-8-11-4-5-17-15-11/h4-5,7,9,13H,6,8H2,1-3H3. The summed E-state index contributed by atoms with van der Waals surface area (Å²) in [5.41, 5.74) is 2.11. The van der Waals surface area contributed by atoms with Gasteiger partial charge < -0.3 is 9.84 Å². The molecule has 2 rings (SSSR count). The van der Waals surface area contributed by atoms with Crippen LogP contribution < -0.4 is 5.32 Å². The van der Waals surface area contributed by atoms with E-state index in [0.29, 0.717) is 6.54 Å². The Kier molecular flexibility index (Phi) is 3.28. The molecule has 1 N–H and O–H groups in total. The topological polar surface area (TPSA) is 55.9 Å². The van der Waals surface area contributed by atoms with Crippen LogP contribution in [0.15, 0.2) is 29.2 Å². The minimum atomic E-state index is 0.0321. The Labute approximate surface area is 101 Å². The van der Waals surface area contributed by atoms with Crippen LogP contribution in [0.1, 0.15) is 32.0 Å². The largest absolute Gasteiger partial charge is 0.364 e. The monoisotopic (exact) mass is 234 g/mol. The molecule has 2 heterocycles. The molecule has 2 aromatic heterocycles. The minimum Gasteiger partial charge on any atom is -0.364 e. The molecule has 0 unspecified atom stereocenters. The number of rotatable bonds is 4. The molecule has 0 aromatic carbocycles. The van der Waals surface area contributed by atoms with Crippen molar-refractivity contribution in [2.45, 2.75) is 39.4 Å². The SMILES string of the molecule is CC(C)(C)n1cc(CNCc2ccon2)cn1. The summed E-state index contributed by atoms with van der Waals surface area (Å²) in [7, 11) is 0. The smallest absolute Gasteiger partial charge is 0.124 e. The molecule has 0 aliphatic carbocycles. The van der Waals surface area contributed by atoms with Crippen molar-refractivity contribution >= 4 is 0 Å². The van der Waals surface area contributed by atoms with Crippen LogP contribution in [0.5, 0.6) is 0 Å². The molecule has 2 aromatic rings. The summed E-state index contributed by atoms with van der Waals surface area (Å²) >= 11 is 0. The molecule has 0 spiro atoms. The molecule has 0 bridgehead atoms. The van der Waals surface area contributed by atoms with Gasteiger partial charge in [-0.3, -0.25) is 4.68 Å². The first-order valence-corrected chi connectivity index (χ1v) is 5.70. The molecule has 0 radical (unpaired) electrons. The van der Waals surface area contributed by atoms with Crippen molar-refractivity contribution in [2.24, 2.45) is 0 Å². The molecule has 92 valence electrons. The molecular formula is C12H18N4O. The summed E-state index contributed by atoms with van der Waals surface area (Å²) in [4.78, 5) is 0. The Hall–Kier alpha value is -1.62. The molecule has 0 saturated carbocycles. The fourth-order valence-electron chi connectivity index (χ4n) is 1.48. The van der Waals surface area contributed by atoms with Gasteiger partial charge in [-0.05, 0) is 20.8 Å². The summed E-state index contributed by atoms with van der Waals surface area (Å²) in [5, 5.41) is 11.5. The molecule has 17 heavy (non-hydrogen) atoms. The molecule has 5 nitrogen and oxygen atoms in total. The average Bonchev–Trinajstić information content (AvgIpc) is 2.86. The Morgan fingerprint density at radius 2 is 2.18 bits per heavy atom. The van der Waals surface area contributed by atoms with Gasteiger partial charge >= 0.3 is 0 Å². The lowest BCUT2D eigenvalue weighted by atomic mass is 10.1. The van der Waals surface area contributed by atoms with E-state index in [1.165, 1.54) is 5.56 Å². The van der Waals surface area contributed by atoms with Gasteiger partial charge in [0.25, 0.3) is 0 Å². The van der Waals surface area contributed by atoms with Gasteiger partial charge in [0.15, 0.2) is 0 Å². The average molecular weight is 234 g/mol. The fraction of sp³-hybridized carbons (Fsp3) is 0.500. The predicted octanol–water partition coefficient (Wildman–Crippen LogP) is 1.92. The van der Waals surface area contributed by atoms with Gasteiger partial charge in [0.2, 0.25) is 0 Å². The van der Waals surface area contributed by atoms with Crippen LogP contribution >= 0.6 is 0 Å². The molecule has 5 heteroatoms. The van der Waals surface area contributed by atoms with Crippen molar-refractivity contribution in [3.8, 4) is 0 Å². The van der Waals surface area contributed by atoms with E-state index in [4.69, 9.17) is 4.52 Å². The molecule has 0 aliphatic heterocycles. The Balaban J connectivity index is 1.85. The summed E-state index contributed by atoms with van der Waals surface area (Å²) in [6, 6.07) is 1.85. The highest BCUT2D eigenvalue weighted by Gasteiger charge is 2.13. The van der Waals surface area contributed by atoms with E-state index in [-0.39, 0.29) is 5.54 Å². The van der Waals surface area contributed by atoms with Crippen molar-refractivity contribution in [1.29, 1.82) is 0 Å². The van der Waals surface area contributed by atoms with Crippen LogP contribution in [0, 0.1) is 0 Å². The zero-order valence-electron chi connectivity index (χ0n) is 10.5.